The van der Waals surface area contributed by atoms with E-state index in [0.29, 0.717) is 11.3 Å². The van der Waals surface area contributed by atoms with E-state index in [-0.39, 0.29) is 11.6 Å². The van der Waals surface area contributed by atoms with Gasteiger partial charge in [0.15, 0.2) is 23.2 Å². The molecule has 8 N–H and O–H groups in total. The third kappa shape index (κ3) is 6.16. The van der Waals surface area contributed by atoms with Gasteiger partial charge in [0.1, 0.15) is 18.3 Å². The van der Waals surface area contributed by atoms with E-state index in [1.165, 1.54) is 18.0 Å². The zero-order valence-electron chi connectivity index (χ0n) is 17.3. The van der Waals surface area contributed by atoms with Crippen molar-refractivity contribution in [3.63, 3.8) is 0 Å². The summed E-state index contributed by atoms with van der Waals surface area (Å²) in [4.78, 5) is 48.2. The molecule has 6 unspecified atom stereocenters. The highest BCUT2D eigenvalue weighted by molar-refractivity contribution is 7.66. The van der Waals surface area contributed by atoms with Gasteiger partial charge in [-0.15, -0.1) is 0 Å². The number of aliphatic hydroxyl groups excluding tert-OH is 1. The summed E-state index contributed by atoms with van der Waals surface area (Å²) in [7, 11) is -13.8. The summed E-state index contributed by atoms with van der Waals surface area (Å²) < 4.78 is 58.2. The largest absolute Gasteiger partial charge is 0.490 e. The van der Waals surface area contributed by atoms with E-state index in [9.17, 15) is 28.6 Å². The lowest BCUT2D eigenvalue weighted by molar-refractivity contribution is -0.0526. The van der Waals surface area contributed by atoms with Gasteiger partial charge in [-0.05, 0) is 0 Å². The third-order valence-electron chi connectivity index (χ3n) is 4.35. The number of anilines is 2. The van der Waals surface area contributed by atoms with Crippen LogP contribution in [0.3, 0.4) is 0 Å². The second-order valence-corrected chi connectivity index (χ2v) is 11.1. The lowest BCUT2D eigenvalue weighted by Crippen LogP contribution is -2.35. The number of nitrogen functional groups attached to an aromatic ring is 1. The van der Waals surface area contributed by atoms with E-state index < -0.39 is 54.6 Å². The quantitative estimate of drug-likeness (QED) is 0.176. The Morgan fingerprint density at radius 3 is 2.44 bits per heavy atom. The third-order valence-corrected chi connectivity index (χ3v) is 8.15. The highest BCUT2D eigenvalue weighted by Crippen LogP contribution is 2.66. The van der Waals surface area contributed by atoms with Gasteiger partial charge < -0.3 is 45.2 Å². The first-order valence-electron chi connectivity index (χ1n) is 8.99. The minimum Gasteiger partial charge on any atom is -0.386 e. The summed E-state index contributed by atoms with van der Waals surface area (Å²) >= 11 is 0. The van der Waals surface area contributed by atoms with Gasteiger partial charge in [0.05, 0.1) is 12.9 Å². The summed E-state index contributed by atoms with van der Waals surface area (Å²) in [5.74, 6) is 0.208. The van der Waals surface area contributed by atoms with Crippen molar-refractivity contribution in [3.8, 4) is 0 Å². The molecular formula is C12H21N6O13P3. The monoisotopic (exact) mass is 550 g/mol. The number of hydrogen-bond donors (Lipinski definition) is 7. The van der Waals surface area contributed by atoms with Gasteiger partial charge in [-0.25, -0.2) is 18.7 Å². The van der Waals surface area contributed by atoms with Crippen LogP contribution in [-0.4, -0.2) is 83.3 Å². The van der Waals surface area contributed by atoms with Crippen LogP contribution in [0.5, 0.6) is 0 Å². The molecule has 6 atom stereocenters. The standard InChI is InChI=1S/C12H21N6O13P3/c1-14-9-6-10(17-12(13)16-9)18(4-15-6)11-7(19)8(27-2)5(29-11)3-28-33(23,24)31-34(25,26)30-32(20,21)22/h4-5,7-8,11,19H,3H2,1-2H3,(H,23,24)(H,25,26)(H2,20,21,22)(H3,13,14,16,17). The molecule has 0 aliphatic carbocycles. The molecule has 192 valence electrons. The van der Waals surface area contributed by atoms with Crippen LogP contribution in [0.15, 0.2) is 6.33 Å². The molecule has 19 nitrogen and oxygen atoms in total. The van der Waals surface area contributed by atoms with E-state index in [4.69, 9.17) is 25.0 Å². The molecule has 1 aliphatic heterocycles. The molecule has 34 heavy (non-hydrogen) atoms. The number of aromatic nitrogens is 4. The summed E-state index contributed by atoms with van der Waals surface area (Å²) in [5, 5.41) is 13.5. The van der Waals surface area contributed by atoms with Gasteiger partial charge in [-0.3, -0.25) is 9.09 Å². The number of phosphoric ester groups is 1. The Balaban J connectivity index is 1.77. The number of methoxy groups -OCH3 is 1. The first-order valence-corrected chi connectivity index (χ1v) is 13.5. The van der Waals surface area contributed by atoms with Crippen molar-refractivity contribution in [2.75, 3.05) is 31.8 Å². The maximum Gasteiger partial charge on any atom is 0.490 e. The van der Waals surface area contributed by atoms with E-state index in [0.717, 1.165) is 0 Å². The van der Waals surface area contributed by atoms with Crippen LogP contribution < -0.4 is 11.1 Å². The maximum atomic E-state index is 12.0. The Morgan fingerprint density at radius 1 is 1.18 bits per heavy atom. The second kappa shape index (κ2) is 9.83. The molecule has 2 aromatic rings. The van der Waals surface area contributed by atoms with Gasteiger partial charge in [-0.1, -0.05) is 0 Å². The Labute approximate surface area is 190 Å². The minimum atomic E-state index is -5.69. The van der Waals surface area contributed by atoms with Crippen molar-refractivity contribution in [3.05, 3.63) is 6.33 Å². The number of ether oxygens (including phenoxy) is 2. The zero-order valence-corrected chi connectivity index (χ0v) is 20.0. The number of imidazole rings is 1. The van der Waals surface area contributed by atoms with Crippen molar-refractivity contribution < 1.29 is 61.0 Å². The summed E-state index contributed by atoms with van der Waals surface area (Å²) in [6.45, 7) is -0.832. The van der Waals surface area contributed by atoms with Gasteiger partial charge in [0, 0.05) is 14.2 Å². The topological polar surface area (TPSA) is 280 Å². The van der Waals surface area contributed by atoms with Crippen LogP contribution in [0.2, 0.25) is 0 Å². The van der Waals surface area contributed by atoms with Gasteiger partial charge in [-0.2, -0.15) is 18.6 Å². The molecule has 0 amide bonds. The average molecular weight is 550 g/mol. The lowest BCUT2D eigenvalue weighted by atomic mass is 10.1. The van der Waals surface area contributed by atoms with Crippen LogP contribution in [0.4, 0.5) is 11.8 Å². The molecule has 3 heterocycles. The molecule has 22 heteroatoms. The van der Waals surface area contributed by atoms with Crippen LogP contribution >= 0.6 is 23.5 Å². The molecule has 0 saturated carbocycles. The highest BCUT2D eigenvalue weighted by Gasteiger charge is 2.48. The lowest BCUT2D eigenvalue weighted by Gasteiger charge is -2.20. The van der Waals surface area contributed by atoms with Crippen LogP contribution in [0.25, 0.3) is 11.2 Å². The SMILES string of the molecule is CNc1nc(N)nc2c1ncn2C1OC(COP(=O)(O)OP(=O)(O)OP(=O)(O)O)C(OC)C1O. The number of nitrogens with zero attached hydrogens (tertiary/aromatic N) is 4. The Hall–Kier alpha value is -1.56. The fourth-order valence-corrected chi connectivity index (χ4v) is 6.17. The smallest absolute Gasteiger partial charge is 0.386 e. The van der Waals surface area contributed by atoms with Gasteiger partial charge in [0.2, 0.25) is 5.95 Å². The summed E-state index contributed by atoms with van der Waals surface area (Å²) in [6.07, 6.45) is -3.67. The number of phosphoric acid groups is 3. The number of aliphatic hydroxyl groups is 1. The van der Waals surface area contributed by atoms with Crippen LogP contribution in [0, 0.1) is 0 Å². The second-order valence-electron chi connectivity index (χ2n) is 6.65. The average Bonchev–Trinajstić information content (AvgIpc) is 3.23. The van der Waals surface area contributed by atoms with Crippen LogP contribution in [0.1, 0.15) is 6.23 Å². The van der Waals surface area contributed by atoms with E-state index in [1.54, 1.807) is 7.05 Å². The van der Waals surface area contributed by atoms with Gasteiger partial charge >= 0.3 is 23.5 Å². The molecule has 1 fully saturated rings. The van der Waals surface area contributed by atoms with Crippen molar-refractivity contribution in [1.82, 2.24) is 19.5 Å². The number of nitrogens with two attached hydrogens (primary N) is 1. The van der Waals surface area contributed by atoms with Crippen molar-refractivity contribution >= 4 is 46.4 Å². The number of hydrogen-bond acceptors (Lipinski definition) is 14. The Kier molecular flexibility index (Phi) is 7.82. The molecule has 0 spiro atoms. The molecule has 2 aromatic heterocycles. The first kappa shape index (κ1) is 27.0. The fourth-order valence-electron chi connectivity index (χ4n) is 3.14. The predicted molar refractivity (Wildman–Crippen MR) is 110 cm³/mol. The Morgan fingerprint density at radius 2 is 1.85 bits per heavy atom. The molecular weight excluding hydrogens is 529 g/mol. The van der Waals surface area contributed by atoms with Crippen molar-refractivity contribution in [1.29, 1.82) is 0 Å². The Bertz CT molecular complexity index is 1190. The first-order chi connectivity index (χ1) is 15.7. The number of rotatable bonds is 10. The van der Waals surface area contributed by atoms with Crippen LogP contribution in [-0.2, 0) is 36.3 Å². The zero-order chi connectivity index (χ0) is 25.5. The predicted octanol–water partition coefficient (Wildman–Crippen LogP) is -0.933. The van der Waals surface area contributed by atoms with E-state index >= 15 is 0 Å². The molecule has 0 bridgehead atoms. The summed E-state index contributed by atoms with van der Waals surface area (Å²) in [6, 6.07) is 0. The molecule has 1 aliphatic rings. The molecule has 0 aromatic carbocycles. The summed E-state index contributed by atoms with van der Waals surface area (Å²) in [5.41, 5.74) is 6.19. The number of nitrogens with one attached hydrogen (secondary N) is 1. The van der Waals surface area contributed by atoms with E-state index in [2.05, 4.69) is 33.4 Å². The fraction of sp³-hybridized carbons (Fsp3) is 0.583. The number of fused-ring (bicyclic) bond motifs is 1. The van der Waals surface area contributed by atoms with E-state index in [1.807, 2.05) is 0 Å². The maximum absolute atomic E-state index is 12.0. The van der Waals surface area contributed by atoms with Gasteiger partial charge in [0.25, 0.3) is 0 Å². The molecule has 0 radical (unpaired) electrons. The minimum absolute atomic E-state index is 0.0985. The normalized spacial score (nSPS) is 26.9. The highest BCUT2D eigenvalue weighted by atomic mass is 31.3. The molecule has 3 rings (SSSR count). The van der Waals surface area contributed by atoms with Crippen molar-refractivity contribution in [2.45, 2.75) is 24.5 Å². The van der Waals surface area contributed by atoms with Crippen molar-refractivity contribution in [2.24, 2.45) is 0 Å². The molecule has 1 saturated heterocycles.